The number of hydrogen-bond acceptors (Lipinski definition) is 3. The van der Waals surface area contributed by atoms with Crippen molar-refractivity contribution in [1.82, 2.24) is 9.88 Å². The van der Waals surface area contributed by atoms with Crippen molar-refractivity contribution in [3.05, 3.63) is 68.6 Å². The summed E-state index contributed by atoms with van der Waals surface area (Å²) in [6, 6.07) is 11.1. The Hall–Kier alpha value is -2.87. The molecule has 0 fully saturated rings. The Bertz CT molecular complexity index is 831. The molecule has 1 aromatic carbocycles. The Morgan fingerprint density at radius 2 is 2.00 bits per heavy atom. The fraction of sp³-hybridized carbons (Fsp3) is 0.235. The molecule has 1 aliphatic rings. The SMILES string of the molecule is Cc1[nH]c(=O)c(C#N)c2c1CN(C(=O)c1ccccc1)CC2. The number of hydrogen-bond donors (Lipinski definition) is 1. The van der Waals surface area contributed by atoms with Crippen molar-refractivity contribution in [3.63, 3.8) is 0 Å². The minimum Gasteiger partial charge on any atom is -0.334 e. The van der Waals surface area contributed by atoms with Crippen LogP contribution in [-0.2, 0) is 13.0 Å². The predicted molar refractivity (Wildman–Crippen MR) is 81.4 cm³/mol. The highest BCUT2D eigenvalue weighted by molar-refractivity contribution is 5.94. The molecular weight excluding hydrogens is 278 g/mol. The molecule has 2 aromatic rings. The van der Waals surface area contributed by atoms with Gasteiger partial charge in [-0.15, -0.1) is 0 Å². The zero-order valence-corrected chi connectivity index (χ0v) is 12.2. The average molecular weight is 293 g/mol. The second-order valence-electron chi connectivity index (χ2n) is 5.37. The normalized spacial score (nSPS) is 13.4. The van der Waals surface area contributed by atoms with Crippen molar-refractivity contribution < 1.29 is 4.79 Å². The maximum atomic E-state index is 12.5. The average Bonchev–Trinajstić information content (AvgIpc) is 2.55. The molecule has 3 rings (SSSR count). The van der Waals surface area contributed by atoms with Gasteiger partial charge in [0.2, 0.25) is 0 Å². The Kier molecular flexibility index (Phi) is 3.51. The topological polar surface area (TPSA) is 77.0 Å². The van der Waals surface area contributed by atoms with Crippen LogP contribution >= 0.6 is 0 Å². The number of aryl methyl sites for hydroxylation is 1. The molecule has 0 saturated carbocycles. The van der Waals surface area contributed by atoms with E-state index in [1.165, 1.54) is 0 Å². The summed E-state index contributed by atoms with van der Waals surface area (Å²) >= 11 is 0. The maximum absolute atomic E-state index is 12.5. The number of rotatable bonds is 1. The number of carbonyl (C=O) groups excluding carboxylic acids is 1. The molecule has 0 radical (unpaired) electrons. The molecule has 0 unspecified atom stereocenters. The van der Waals surface area contributed by atoms with Gasteiger partial charge in [-0.2, -0.15) is 5.26 Å². The number of amides is 1. The minimum absolute atomic E-state index is 0.0321. The number of H-pyrrole nitrogens is 1. The van der Waals surface area contributed by atoms with Crippen molar-refractivity contribution in [2.24, 2.45) is 0 Å². The predicted octanol–water partition coefficient (Wildman–Crippen LogP) is 1.75. The number of carbonyl (C=O) groups is 1. The maximum Gasteiger partial charge on any atom is 0.266 e. The van der Waals surface area contributed by atoms with Crippen molar-refractivity contribution in [2.75, 3.05) is 6.54 Å². The minimum atomic E-state index is -0.346. The first-order valence-electron chi connectivity index (χ1n) is 7.11. The summed E-state index contributed by atoms with van der Waals surface area (Å²) in [4.78, 5) is 28.8. The number of aromatic amines is 1. The fourth-order valence-corrected chi connectivity index (χ4v) is 2.88. The Morgan fingerprint density at radius 1 is 1.27 bits per heavy atom. The molecule has 22 heavy (non-hydrogen) atoms. The van der Waals surface area contributed by atoms with Gasteiger partial charge in [-0.05, 0) is 36.6 Å². The Morgan fingerprint density at radius 3 is 2.68 bits per heavy atom. The standard InChI is InChI=1S/C17H15N3O2/c1-11-15-10-20(17(22)12-5-3-2-4-6-12)8-7-13(15)14(9-18)16(21)19-11/h2-6H,7-8,10H2,1H3,(H,19,21). The number of aromatic nitrogens is 1. The van der Waals surface area contributed by atoms with Gasteiger partial charge in [-0.1, -0.05) is 18.2 Å². The lowest BCUT2D eigenvalue weighted by Crippen LogP contribution is -2.38. The molecule has 110 valence electrons. The van der Waals surface area contributed by atoms with E-state index in [4.69, 9.17) is 5.26 Å². The molecule has 0 aliphatic carbocycles. The highest BCUT2D eigenvalue weighted by atomic mass is 16.2. The number of nitrogens with one attached hydrogen (secondary N) is 1. The van der Waals surface area contributed by atoms with E-state index in [1.807, 2.05) is 24.3 Å². The van der Waals surface area contributed by atoms with Crippen molar-refractivity contribution in [3.8, 4) is 6.07 Å². The zero-order valence-electron chi connectivity index (χ0n) is 12.2. The summed E-state index contributed by atoms with van der Waals surface area (Å²) in [5.41, 5.74) is 2.86. The van der Waals surface area contributed by atoms with Gasteiger partial charge in [0, 0.05) is 24.3 Å². The van der Waals surface area contributed by atoms with Crippen LogP contribution in [0.25, 0.3) is 0 Å². The van der Waals surface area contributed by atoms with Crippen LogP contribution in [0, 0.1) is 18.3 Å². The van der Waals surface area contributed by atoms with Crippen LogP contribution in [0.4, 0.5) is 0 Å². The smallest absolute Gasteiger partial charge is 0.266 e. The van der Waals surface area contributed by atoms with E-state index in [9.17, 15) is 9.59 Å². The number of nitrogens with zero attached hydrogens (tertiary/aromatic N) is 2. The van der Waals surface area contributed by atoms with Crippen LogP contribution in [0.1, 0.15) is 32.7 Å². The van der Waals surface area contributed by atoms with Crippen molar-refractivity contribution >= 4 is 5.91 Å². The van der Waals surface area contributed by atoms with E-state index < -0.39 is 0 Å². The fourth-order valence-electron chi connectivity index (χ4n) is 2.88. The molecule has 0 atom stereocenters. The lowest BCUT2D eigenvalue weighted by molar-refractivity contribution is 0.0734. The van der Waals surface area contributed by atoms with Crippen LogP contribution < -0.4 is 5.56 Å². The summed E-state index contributed by atoms with van der Waals surface area (Å²) < 4.78 is 0. The van der Waals surface area contributed by atoms with E-state index in [2.05, 4.69) is 4.98 Å². The third-order valence-corrected chi connectivity index (χ3v) is 4.05. The summed E-state index contributed by atoms with van der Waals surface area (Å²) in [5, 5.41) is 9.17. The molecule has 1 aliphatic heterocycles. The monoisotopic (exact) mass is 293 g/mol. The molecular formula is C17H15N3O2. The van der Waals surface area contributed by atoms with E-state index in [1.54, 1.807) is 24.0 Å². The van der Waals surface area contributed by atoms with Crippen LogP contribution in [0.3, 0.4) is 0 Å². The molecule has 1 aromatic heterocycles. The highest BCUT2D eigenvalue weighted by Crippen LogP contribution is 2.23. The number of pyridine rings is 1. The number of fused-ring (bicyclic) bond motifs is 1. The third-order valence-electron chi connectivity index (χ3n) is 4.05. The molecule has 2 heterocycles. The van der Waals surface area contributed by atoms with Crippen molar-refractivity contribution in [1.29, 1.82) is 5.26 Å². The van der Waals surface area contributed by atoms with Gasteiger partial charge in [0.1, 0.15) is 11.6 Å². The first-order chi connectivity index (χ1) is 10.6. The Labute approximate surface area is 127 Å². The second kappa shape index (κ2) is 5.49. The molecule has 1 amide bonds. The summed E-state index contributed by atoms with van der Waals surface area (Å²) in [7, 11) is 0. The lowest BCUT2D eigenvalue weighted by atomic mass is 9.94. The number of nitriles is 1. The van der Waals surface area contributed by atoms with Gasteiger partial charge in [0.05, 0.1) is 0 Å². The van der Waals surface area contributed by atoms with Gasteiger partial charge in [0.15, 0.2) is 0 Å². The van der Waals surface area contributed by atoms with Crippen LogP contribution in [-0.4, -0.2) is 22.3 Å². The second-order valence-corrected chi connectivity index (χ2v) is 5.37. The van der Waals surface area contributed by atoms with E-state index in [0.717, 1.165) is 16.8 Å². The summed E-state index contributed by atoms with van der Waals surface area (Å²) in [6.07, 6.45) is 0.529. The van der Waals surface area contributed by atoms with Crippen molar-refractivity contribution in [2.45, 2.75) is 19.9 Å². The molecule has 0 bridgehead atoms. The third kappa shape index (κ3) is 2.29. The van der Waals surface area contributed by atoms with Gasteiger partial charge < -0.3 is 9.88 Å². The molecule has 0 saturated heterocycles. The largest absolute Gasteiger partial charge is 0.334 e. The first kappa shape index (κ1) is 14.1. The van der Waals surface area contributed by atoms with E-state index >= 15 is 0 Å². The van der Waals surface area contributed by atoms with Gasteiger partial charge >= 0.3 is 0 Å². The van der Waals surface area contributed by atoms with Crippen LogP contribution in [0.2, 0.25) is 0 Å². The lowest BCUT2D eigenvalue weighted by Gasteiger charge is -2.30. The number of benzene rings is 1. The molecule has 1 N–H and O–H groups in total. The molecule has 0 spiro atoms. The van der Waals surface area contributed by atoms with Gasteiger partial charge in [-0.25, -0.2) is 0 Å². The quantitative estimate of drug-likeness (QED) is 0.870. The molecule has 5 nitrogen and oxygen atoms in total. The van der Waals surface area contributed by atoms with Crippen LogP contribution in [0.5, 0.6) is 0 Å². The Balaban J connectivity index is 1.97. The highest BCUT2D eigenvalue weighted by Gasteiger charge is 2.26. The zero-order chi connectivity index (χ0) is 15.7. The summed E-state index contributed by atoms with van der Waals surface area (Å²) in [5.74, 6) is -0.0321. The summed E-state index contributed by atoms with van der Waals surface area (Å²) in [6.45, 7) is 2.73. The van der Waals surface area contributed by atoms with Gasteiger partial charge in [0.25, 0.3) is 11.5 Å². The molecule has 5 heteroatoms. The van der Waals surface area contributed by atoms with Crippen LogP contribution in [0.15, 0.2) is 35.1 Å². The van der Waals surface area contributed by atoms with E-state index in [0.29, 0.717) is 25.1 Å². The first-order valence-corrected chi connectivity index (χ1v) is 7.11. The van der Waals surface area contributed by atoms with E-state index in [-0.39, 0.29) is 17.0 Å². The van der Waals surface area contributed by atoms with Gasteiger partial charge in [-0.3, -0.25) is 9.59 Å².